The van der Waals surface area contributed by atoms with Gasteiger partial charge in [-0.15, -0.1) is 0 Å². The molecule has 0 spiro atoms. The van der Waals surface area contributed by atoms with E-state index in [1.807, 2.05) is 66.7 Å². The average Bonchev–Trinajstić information content (AvgIpc) is 3.45. The van der Waals surface area contributed by atoms with Gasteiger partial charge in [-0.1, -0.05) is 18.2 Å². The Morgan fingerprint density at radius 1 is 0.966 bits per heavy atom. The highest BCUT2D eigenvalue weighted by atomic mass is 32.1. The van der Waals surface area contributed by atoms with Gasteiger partial charge in [0.15, 0.2) is 5.11 Å². The lowest BCUT2D eigenvalue weighted by Crippen LogP contribution is -2.38. The summed E-state index contributed by atoms with van der Waals surface area (Å²) in [6.45, 7) is 2.89. The predicted octanol–water partition coefficient (Wildman–Crippen LogP) is 5.20. The normalized spacial score (nSPS) is 15.0. The minimum absolute atomic E-state index is 0.189. The molecular formula is C23H25N3O2S. The van der Waals surface area contributed by atoms with Gasteiger partial charge in [-0.2, -0.15) is 0 Å². The predicted molar refractivity (Wildman–Crippen MR) is 119 cm³/mol. The summed E-state index contributed by atoms with van der Waals surface area (Å²) in [5, 5.41) is 7.17. The van der Waals surface area contributed by atoms with Gasteiger partial charge in [0.05, 0.1) is 12.3 Å². The van der Waals surface area contributed by atoms with Gasteiger partial charge in [0, 0.05) is 12.2 Å². The Kier molecular flexibility index (Phi) is 6.44. The van der Waals surface area contributed by atoms with Crippen molar-refractivity contribution in [3.8, 4) is 11.5 Å². The number of thiocarbonyl (C=S) groups is 1. The Morgan fingerprint density at radius 3 is 2.38 bits per heavy atom. The first-order valence-electron chi connectivity index (χ1n) is 9.93. The minimum Gasteiger partial charge on any atom is -0.468 e. The van der Waals surface area contributed by atoms with E-state index in [9.17, 15) is 0 Å². The third kappa shape index (κ3) is 5.37. The zero-order valence-electron chi connectivity index (χ0n) is 16.2. The molecule has 0 radical (unpaired) electrons. The number of ether oxygens (including phenoxy) is 1. The van der Waals surface area contributed by atoms with E-state index in [0.29, 0.717) is 11.7 Å². The number of nitrogens with zero attached hydrogens (tertiary/aromatic N) is 1. The summed E-state index contributed by atoms with van der Waals surface area (Å²) in [5.41, 5.74) is 0.915. The van der Waals surface area contributed by atoms with Crippen LogP contribution in [0.3, 0.4) is 0 Å². The van der Waals surface area contributed by atoms with Gasteiger partial charge in [0.1, 0.15) is 17.3 Å². The fourth-order valence-electron chi connectivity index (χ4n) is 3.54. The Labute approximate surface area is 176 Å². The Morgan fingerprint density at radius 2 is 1.69 bits per heavy atom. The van der Waals surface area contributed by atoms with E-state index in [2.05, 4.69) is 15.5 Å². The SMILES string of the molecule is S=C(NCC(c1ccco1)N1CCCC1)Nc1ccc(Oc2ccccc2)cc1. The second-order valence-electron chi connectivity index (χ2n) is 7.05. The van der Waals surface area contributed by atoms with Crippen LogP contribution in [-0.2, 0) is 0 Å². The molecule has 2 N–H and O–H groups in total. The zero-order chi connectivity index (χ0) is 19.9. The molecule has 2 aromatic carbocycles. The lowest BCUT2D eigenvalue weighted by Gasteiger charge is -2.26. The van der Waals surface area contributed by atoms with Crippen molar-refractivity contribution in [3.63, 3.8) is 0 Å². The van der Waals surface area contributed by atoms with Crippen molar-refractivity contribution in [3.05, 3.63) is 78.8 Å². The van der Waals surface area contributed by atoms with E-state index in [4.69, 9.17) is 21.4 Å². The zero-order valence-corrected chi connectivity index (χ0v) is 17.0. The fourth-order valence-corrected chi connectivity index (χ4v) is 3.74. The number of rotatable bonds is 7. The summed E-state index contributed by atoms with van der Waals surface area (Å²) in [6.07, 6.45) is 4.20. The minimum atomic E-state index is 0.189. The molecule has 1 atom stereocenters. The van der Waals surface area contributed by atoms with Gasteiger partial charge in [0.25, 0.3) is 0 Å². The lowest BCUT2D eigenvalue weighted by atomic mass is 10.2. The summed E-state index contributed by atoms with van der Waals surface area (Å²) in [7, 11) is 0. The van der Waals surface area contributed by atoms with Crippen molar-refractivity contribution < 1.29 is 9.15 Å². The maximum atomic E-state index is 5.82. The highest BCUT2D eigenvalue weighted by Crippen LogP contribution is 2.25. The van der Waals surface area contributed by atoms with Crippen LogP contribution in [0, 0.1) is 0 Å². The van der Waals surface area contributed by atoms with Crippen LogP contribution in [0.1, 0.15) is 24.6 Å². The van der Waals surface area contributed by atoms with Crippen LogP contribution in [0.5, 0.6) is 11.5 Å². The van der Waals surface area contributed by atoms with Gasteiger partial charge in [-0.3, -0.25) is 4.90 Å². The topological polar surface area (TPSA) is 49.7 Å². The standard InChI is InChI=1S/C23H25N3O2S/c29-23(24-17-21(22-9-6-16-27-22)26-14-4-5-15-26)25-18-10-12-20(13-11-18)28-19-7-2-1-3-8-19/h1-3,6-13,16,21H,4-5,14-15,17H2,(H2,24,25,29). The molecule has 5 nitrogen and oxygen atoms in total. The summed E-state index contributed by atoms with van der Waals surface area (Å²) in [6, 6.07) is 21.7. The van der Waals surface area contributed by atoms with E-state index in [-0.39, 0.29) is 6.04 Å². The fraction of sp³-hybridized carbons (Fsp3) is 0.261. The van der Waals surface area contributed by atoms with Crippen molar-refractivity contribution in [1.29, 1.82) is 0 Å². The number of hydrogen-bond donors (Lipinski definition) is 2. The lowest BCUT2D eigenvalue weighted by molar-refractivity contribution is 0.216. The van der Waals surface area contributed by atoms with E-state index >= 15 is 0 Å². The molecule has 0 amide bonds. The van der Waals surface area contributed by atoms with Gasteiger partial charge in [-0.25, -0.2) is 0 Å². The maximum Gasteiger partial charge on any atom is 0.170 e. The van der Waals surface area contributed by atoms with Gasteiger partial charge in [0.2, 0.25) is 0 Å². The molecule has 0 saturated carbocycles. The molecule has 1 unspecified atom stereocenters. The summed E-state index contributed by atoms with van der Waals surface area (Å²) in [4.78, 5) is 2.45. The molecule has 1 saturated heterocycles. The quantitative estimate of drug-likeness (QED) is 0.525. The van der Waals surface area contributed by atoms with Crippen molar-refractivity contribution in [2.45, 2.75) is 18.9 Å². The monoisotopic (exact) mass is 407 g/mol. The van der Waals surface area contributed by atoms with E-state index in [1.54, 1.807) is 6.26 Å². The smallest absolute Gasteiger partial charge is 0.170 e. The number of furan rings is 1. The van der Waals surface area contributed by atoms with Crippen molar-refractivity contribution in [2.24, 2.45) is 0 Å². The third-order valence-electron chi connectivity index (χ3n) is 5.00. The first kappa shape index (κ1) is 19.5. The van der Waals surface area contributed by atoms with Crippen LogP contribution in [0.2, 0.25) is 0 Å². The number of para-hydroxylation sites is 1. The van der Waals surface area contributed by atoms with Gasteiger partial charge >= 0.3 is 0 Å². The first-order chi connectivity index (χ1) is 14.3. The number of nitrogens with one attached hydrogen (secondary N) is 2. The van der Waals surface area contributed by atoms with Gasteiger partial charge < -0.3 is 19.8 Å². The third-order valence-corrected chi connectivity index (χ3v) is 5.25. The van der Waals surface area contributed by atoms with Crippen LogP contribution in [0.25, 0.3) is 0 Å². The Hall–Kier alpha value is -2.83. The van der Waals surface area contributed by atoms with Crippen LogP contribution in [-0.4, -0.2) is 29.6 Å². The molecule has 29 heavy (non-hydrogen) atoms. The molecular weight excluding hydrogens is 382 g/mol. The van der Waals surface area contributed by atoms with Crippen molar-refractivity contribution in [1.82, 2.24) is 10.2 Å². The summed E-state index contributed by atoms with van der Waals surface area (Å²) in [5.74, 6) is 2.58. The molecule has 1 aromatic heterocycles. The Bertz CT molecular complexity index is 892. The molecule has 6 heteroatoms. The van der Waals surface area contributed by atoms with E-state index < -0.39 is 0 Å². The second kappa shape index (κ2) is 9.58. The number of benzene rings is 2. The molecule has 1 aliphatic rings. The number of likely N-dealkylation sites (tertiary alicyclic amines) is 1. The van der Waals surface area contributed by atoms with Crippen molar-refractivity contribution >= 4 is 23.0 Å². The Balaban J connectivity index is 1.30. The number of anilines is 1. The van der Waals surface area contributed by atoms with Crippen LogP contribution in [0.15, 0.2) is 77.4 Å². The number of hydrogen-bond acceptors (Lipinski definition) is 4. The average molecular weight is 408 g/mol. The molecule has 150 valence electrons. The van der Waals surface area contributed by atoms with Crippen LogP contribution < -0.4 is 15.4 Å². The van der Waals surface area contributed by atoms with Crippen LogP contribution in [0.4, 0.5) is 5.69 Å². The second-order valence-corrected chi connectivity index (χ2v) is 7.46. The molecule has 1 fully saturated rings. The molecule has 0 bridgehead atoms. The van der Waals surface area contributed by atoms with Gasteiger partial charge in [-0.05, 0) is 86.7 Å². The molecule has 4 rings (SSSR count). The van der Waals surface area contributed by atoms with Crippen LogP contribution >= 0.6 is 12.2 Å². The maximum absolute atomic E-state index is 5.82. The van der Waals surface area contributed by atoms with E-state index in [1.165, 1.54) is 12.8 Å². The largest absolute Gasteiger partial charge is 0.468 e. The summed E-state index contributed by atoms with van der Waals surface area (Å²) < 4.78 is 11.5. The highest BCUT2D eigenvalue weighted by molar-refractivity contribution is 7.80. The van der Waals surface area contributed by atoms with E-state index in [0.717, 1.165) is 36.0 Å². The first-order valence-corrected chi connectivity index (χ1v) is 10.3. The highest BCUT2D eigenvalue weighted by Gasteiger charge is 2.25. The van der Waals surface area contributed by atoms with Crippen molar-refractivity contribution in [2.75, 3.05) is 25.0 Å². The molecule has 3 aromatic rings. The molecule has 0 aliphatic carbocycles. The summed E-state index contributed by atoms with van der Waals surface area (Å²) >= 11 is 5.49. The molecule has 1 aliphatic heterocycles. The molecule has 2 heterocycles.